The van der Waals surface area contributed by atoms with Crippen LogP contribution in [0.2, 0.25) is 0 Å². The van der Waals surface area contributed by atoms with E-state index in [0.717, 1.165) is 30.7 Å². The van der Waals surface area contributed by atoms with Crippen molar-refractivity contribution in [1.82, 2.24) is 14.5 Å². The lowest BCUT2D eigenvalue weighted by molar-refractivity contribution is 0.0374. The highest BCUT2D eigenvalue weighted by atomic mass is 15.2. The molecule has 2 unspecified atom stereocenters. The van der Waals surface area contributed by atoms with E-state index in [2.05, 4.69) is 42.4 Å². The van der Waals surface area contributed by atoms with E-state index in [1.54, 1.807) is 0 Å². The van der Waals surface area contributed by atoms with Crippen LogP contribution in [0.15, 0.2) is 12.4 Å². The van der Waals surface area contributed by atoms with Crippen LogP contribution in [0.5, 0.6) is 0 Å². The molecule has 0 spiro atoms. The van der Waals surface area contributed by atoms with Gasteiger partial charge in [0.2, 0.25) is 0 Å². The Labute approximate surface area is 123 Å². The Kier molecular flexibility index (Phi) is 4.86. The van der Waals surface area contributed by atoms with Crippen LogP contribution in [-0.2, 0) is 13.6 Å². The molecule has 0 radical (unpaired) electrons. The van der Waals surface area contributed by atoms with E-state index in [0.29, 0.717) is 0 Å². The largest absolute Gasteiger partial charge is 0.337 e. The fourth-order valence-corrected chi connectivity index (χ4v) is 3.57. The average Bonchev–Trinajstić information content (AvgIpc) is 2.84. The molecule has 1 aliphatic carbocycles. The number of hydrogen-bond donors (Lipinski definition) is 1. The molecule has 2 atom stereocenters. The van der Waals surface area contributed by atoms with E-state index in [-0.39, 0.29) is 5.54 Å². The van der Waals surface area contributed by atoms with Crippen LogP contribution in [0.4, 0.5) is 0 Å². The van der Waals surface area contributed by atoms with Crippen molar-refractivity contribution < 1.29 is 0 Å². The minimum absolute atomic E-state index is 0.152. The molecule has 1 fully saturated rings. The third-order valence-electron chi connectivity index (χ3n) is 5.29. The molecule has 0 aliphatic heterocycles. The number of aryl methyl sites for hydroxylation is 1. The van der Waals surface area contributed by atoms with Gasteiger partial charge in [-0.1, -0.05) is 26.7 Å². The predicted octanol–water partition coefficient (Wildman–Crippen LogP) is 2.40. The van der Waals surface area contributed by atoms with Crippen molar-refractivity contribution in [1.29, 1.82) is 0 Å². The van der Waals surface area contributed by atoms with Crippen molar-refractivity contribution in [3.8, 4) is 0 Å². The Morgan fingerprint density at radius 2 is 2.30 bits per heavy atom. The van der Waals surface area contributed by atoms with E-state index in [4.69, 9.17) is 5.73 Å². The Morgan fingerprint density at radius 3 is 2.85 bits per heavy atom. The van der Waals surface area contributed by atoms with Gasteiger partial charge in [-0.3, -0.25) is 4.90 Å². The van der Waals surface area contributed by atoms with E-state index in [9.17, 15) is 0 Å². The van der Waals surface area contributed by atoms with Crippen LogP contribution < -0.4 is 5.73 Å². The maximum Gasteiger partial charge on any atom is 0.122 e. The van der Waals surface area contributed by atoms with Crippen molar-refractivity contribution >= 4 is 0 Å². The van der Waals surface area contributed by atoms with Gasteiger partial charge in [-0.25, -0.2) is 4.98 Å². The number of nitrogens with two attached hydrogens (primary N) is 1. The van der Waals surface area contributed by atoms with Crippen molar-refractivity contribution in [3.05, 3.63) is 18.2 Å². The molecule has 4 heteroatoms. The van der Waals surface area contributed by atoms with Gasteiger partial charge < -0.3 is 10.3 Å². The molecule has 20 heavy (non-hydrogen) atoms. The second-order valence-corrected chi connectivity index (χ2v) is 6.84. The average molecular weight is 278 g/mol. The maximum atomic E-state index is 6.20. The molecule has 1 saturated carbocycles. The number of hydrogen-bond acceptors (Lipinski definition) is 3. The summed E-state index contributed by atoms with van der Waals surface area (Å²) >= 11 is 0. The number of rotatable bonds is 5. The molecule has 1 aromatic rings. The minimum Gasteiger partial charge on any atom is -0.337 e. The van der Waals surface area contributed by atoms with Crippen molar-refractivity contribution in [2.75, 3.05) is 13.6 Å². The van der Waals surface area contributed by atoms with Gasteiger partial charge in [-0.15, -0.1) is 0 Å². The Morgan fingerprint density at radius 1 is 1.55 bits per heavy atom. The molecule has 1 aliphatic rings. The topological polar surface area (TPSA) is 47.1 Å². The zero-order valence-electron chi connectivity index (χ0n) is 13.5. The first-order valence-electron chi connectivity index (χ1n) is 7.86. The van der Waals surface area contributed by atoms with Crippen molar-refractivity contribution in [2.45, 2.75) is 51.6 Å². The molecule has 1 aromatic heterocycles. The SMILES string of the molecule is CC(C)C1CCCC(CN)(N(C)Cc2nccn2C)C1. The van der Waals surface area contributed by atoms with Gasteiger partial charge in [0.1, 0.15) is 5.82 Å². The van der Waals surface area contributed by atoms with E-state index in [1.807, 2.05) is 12.4 Å². The Bertz CT molecular complexity index is 426. The smallest absolute Gasteiger partial charge is 0.122 e. The summed E-state index contributed by atoms with van der Waals surface area (Å²) in [5.74, 6) is 2.67. The quantitative estimate of drug-likeness (QED) is 0.899. The van der Waals surface area contributed by atoms with E-state index >= 15 is 0 Å². The summed E-state index contributed by atoms with van der Waals surface area (Å²) in [6.07, 6.45) is 8.97. The fourth-order valence-electron chi connectivity index (χ4n) is 3.57. The lowest BCUT2D eigenvalue weighted by Crippen LogP contribution is -2.55. The van der Waals surface area contributed by atoms with Crippen LogP contribution in [-0.4, -0.2) is 33.6 Å². The molecule has 1 heterocycles. The van der Waals surface area contributed by atoms with E-state index < -0.39 is 0 Å². The number of likely N-dealkylation sites (N-methyl/N-ethyl adjacent to an activating group) is 1. The van der Waals surface area contributed by atoms with Crippen LogP contribution in [0.3, 0.4) is 0 Å². The summed E-state index contributed by atoms with van der Waals surface area (Å²) in [5.41, 5.74) is 6.35. The highest BCUT2D eigenvalue weighted by Gasteiger charge is 2.39. The summed E-state index contributed by atoms with van der Waals surface area (Å²) in [6.45, 7) is 6.31. The third-order valence-corrected chi connectivity index (χ3v) is 5.29. The molecule has 0 amide bonds. The summed E-state index contributed by atoms with van der Waals surface area (Å²) < 4.78 is 2.10. The highest BCUT2D eigenvalue weighted by Crippen LogP contribution is 2.39. The van der Waals surface area contributed by atoms with Crippen LogP contribution in [0.25, 0.3) is 0 Å². The molecule has 0 bridgehead atoms. The Hall–Kier alpha value is -0.870. The van der Waals surface area contributed by atoms with Crippen molar-refractivity contribution in [3.63, 3.8) is 0 Å². The first kappa shape index (κ1) is 15.5. The zero-order chi connectivity index (χ0) is 14.8. The molecule has 4 nitrogen and oxygen atoms in total. The summed E-state index contributed by atoms with van der Waals surface area (Å²) in [7, 11) is 4.27. The molecule has 0 aromatic carbocycles. The molecule has 2 rings (SSSR count). The maximum absolute atomic E-state index is 6.20. The van der Waals surface area contributed by atoms with Crippen LogP contribution >= 0.6 is 0 Å². The first-order valence-corrected chi connectivity index (χ1v) is 7.86. The highest BCUT2D eigenvalue weighted by molar-refractivity contribution is 4.99. The number of aromatic nitrogens is 2. The summed E-state index contributed by atoms with van der Waals surface area (Å²) in [5, 5.41) is 0. The van der Waals surface area contributed by atoms with Gasteiger partial charge in [0.15, 0.2) is 0 Å². The number of nitrogens with zero attached hydrogens (tertiary/aromatic N) is 3. The third kappa shape index (κ3) is 3.07. The standard InChI is InChI=1S/C16H30N4/c1-13(2)14-6-5-7-16(10-14,12-17)20(4)11-15-18-8-9-19(15)3/h8-9,13-14H,5-7,10-12,17H2,1-4H3. The van der Waals surface area contributed by atoms with Crippen LogP contribution in [0, 0.1) is 11.8 Å². The van der Waals surface area contributed by atoms with Gasteiger partial charge >= 0.3 is 0 Å². The second kappa shape index (κ2) is 6.27. The Balaban J connectivity index is 2.11. The molecular formula is C16H30N4. The monoisotopic (exact) mass is 278 g/mol. The van der Waals surface area contributed by atoms with Crippen molar-refractivity contribution in [2.24, 2.45) is 24.6 Å². The van der Waals surface area contributed by atoms with Gasteiger partial charge in [0.25, 0.3) is 0 Å². The molecule has 2 N–H and O–H groups in total. The predicted molar refractivity (Wildman–Crippen MR) is 83.3 cm³/mol. The molecule has 0 saturated heterocycles. The zero-order valence-corrected chi connectivity index (χ0v) is 13.5. The second-order valence-electron chi connectivity index (χ2n) is 6.84. The normalized spacial score (nSPS) is 27.4. The first-order chi connectivity index (χ1) is 9.48. The van der Waals surface area contributed by atoms with Gasteiger partial charge in [-0.2, -0.15) is 0 Å². The number of imidazole rings is 1. The molecular weight excluding hydrogens is 248 g/mol. The van der Waals surface area contributed by atoms with Gasteiger partial charge in [0, 0.05) is 31.5 Å². The minimum atomic E-state index is 0.152. The lowest BCUT2D eigenvalue weighted by Gasteiger charge is -2.47. The lowest BCUT2D eigenvalue weighted by atomic mass is 9.71. The fraction of sp³-hybridized carbons (Fsp3) is 0.812. The summed E-state index contributed by atoms with van der Waals surface area (Å²) in [4.78, 5) is 6.90. The van der Waals surface area contributed by atoms with Gasteiger partial charge in [-0.05, 0) is 31.7 Å². The van der Waals surface area contributed by atoms with Crippen LogP contribution in [0.1, 0.15) is 45.4 Å². The summed E-state index contributed by atoms with van der Waals surface area (Å²) in [6, 6.07) is 0. The molecule has 114 valence electrons. The van der Waals surface area contributed by atoms with Gasteiger partial charge in [0.05, 0.1) is 6.54 Å². The van der Waals surface area contributed by atoms with E-state index in [1.165, 1.54) is 25.7 Å².